The van der Waals surface area contributed by atoms with E-state index < -0.39 is 0 Å². The third kappa shape index (κ3) is 1.89. The second kappa shape index (κ2) is 4.33. The predicted octanol–water partition coefficient (Wildman–Crippen LogP) is 2.07. The fraction of sp³-hybridized carbons (Fsp3) is 0.182. The Hall–Kier alpha value is -1.47. The molecular formula is C11H9BrN4OS. The Kier molecular flexibility index (Phi) is 2.79. The van der Waals surface area contributed by atoms with E-state index in [4.69, 9.17) is 0 Å². The molecule has 5 nitrogen and oxygen atoms in total. The van der Waals surface area contributed by atoms with Gasteiger partial charge in [0.2, 0.25) is 0 Å². The van der Waals surface area contributed by atoms with Gasteiger partial charge in [-0.3, -0.25) is 9.20 Å². The van der Waals surface area contributed by atoms with Crippen LogP contribution in [0.25, 0.3) is 5.65 Å². The number of nitrogens with zero attached hydrogens (tertiary/aromatic N) is 4. The SMILES string of the molecule is Cc1nn(Cc2nc3ccccn3c2Br)c(=O)s1. The smallest absolute Gasteiger partial charge is 0.294 e. The van der Waals surface area contributed by atoms with Gasteiger partial charge in [0, 0.05) is 6.20 Å². The maximum Gasteiger partial charge on any atom is 0.325 e. The topological polar surface area (TPSA) is 52.2 Å². The van der Waals surface area contributed by atoms with Crippen molar-refractivity contribution >= 4 is 32.9 Å². The highest BCUT2D eigenvalue weighted by atomic mass is 79.9. The summed E-state index contributed by atoms with van der Waals surface area (Å²) in [7, 11) is 0. The lowest BCUT2D eigenvalue weighted by Gasteiger charge is -1.97. The van der Waals surface area contributed by atoms with Gasteiger partial charge in [-0.15, -0.1) is 0 Å². The highest BCUT2D eigenvalue weighted by molar-refractivity contribution is 9.10. The lowest BCUT2D eigenvalue weighted by atomic mass is 10.5. The first-order valence-electron chi connectivity index (χ1n) is 5.31. The van der Waals surface area contributed by atoms with Crippen molar-refractivity contribution in [3.63, 3.8) is 0 Å². The highest BCUT2D eigenvalue weighted by Gasteiger charge is 2.12. The first kappa shape index (κ1) is 11.6. The summed E-state index contributed by atoms with van der Waals surface area (Å²) in [6.45, 7) is 2.20. The van der Waals surface area contributed by atoms with Crippen LogP contribution in [-0.2, 0) is 6.54 Å². The van der Waals surface area contributed by atoms with E-state index in [9.17, 15) is 4.79 Å². The monoisotopic (exact) mass is 324 g/mol. The number of hydrogen-bond acceptors (Lipinski definition) is 4. The first-order valence-corrected chi connectivity index (χ1v) is 6.92. The Morgan fingerprint density at radius 1 is 1.44 bits per heavy atom. The summed E-state index contributed by atoms with van der Waals surface area (Å²) < 4.78 is 4.22. The molecule has 3 heterocycles. The van der Waals surface area contributed by atoms with Crippen LogP contribution < -0.4 is 4.87 Å². The van der Waals surface area contributed by atoms with Crippen LogP contribution in [-0.4, -0.2) is 19.2 Å². The number of halogens is 1. The molecule has 0 aliphatic heterocycles. The molecule has 18 heavy (non-hydrogen) atoms. The van der Waals surface area contributed by atoms with Gasteiger partial charge in [0.15, 0.2) is 0 Å². The van der Waals surface area contributed by atoms with E-state index in [1.807, 2.05) is 35.7 Å². The van der Waals surface area contributed by atoms with Crippen molar-refractivity contribution in [1.82, 2.24) is 19.2 Å². The first-order chi connectivity index (χ1) is 8.65. The summed E-state index contributed by atoms with van der Waals surface area (Å²) in [5.41, 5.74) is 1.65. The van der Waals surface area contributed by atoms with Gasteiger partial charge in [-0.25, -0.2) is 9.67 Å². The Balaban J connectivity index is 2.08. The molecule has 0 aliphatic carbocycles. The van der Waals surface area contributed by atoms with Crippen LogP contribution in [0.15, 0.2) is 33.8 Å². The summed E-state index contributed by atoms with van der Waals surface area (Å²) in [6.07, 6.45) is 1.92. The van der Waals surface area contributed by atoms with Gasteiger partial charge in [0.25, 0.3) is 0 Å². The van der Waals surface area contributed by atoms with Crippen LogP contribution in [0.4, 0.5) is 0 Å². The molecule has 0 aliphatic rings. The number of rotatable bonds is 2. The summed E-state index contributed by atoms with van der Waals surface area (Å²) >= 11 is 4.65. The molecule has 3 aromatic rings. The molecule has 0 fully saturated rings. The van der Waals surface area contributed by atoms with E-state index in [2.05, 4.69) is 26.0 Å². The van der Waals surface area contributed by atoms with Gasteiger partial charge < -0.3 is 0 Å². The van der Waals surface area contributed by atoms with Crippen LogP contribution in [0.3, 0.4) is 0 Å². The minimum absolute atomic E-state index is 0.0588. The molecule has 0 N–H and O–H groups in total. The van der Waals surface area contributed by atoms with E-state index in [0.717, 1.165) is 32.3 Å². The van der Waals surface area contributed by atoms with Crippen LogP contribution in [0.2, 0.25) is 0 Å². The Labute approximate surface area is 115 Å². The number of hydrogen-bond donors (Lipinski definition) is 0. The highest BCUT2D eigenvalue weighted by Crippen LogP contribution is 2.19. The van der Waals surface area contributed by atoms with Crippen LogP contribution in [0.1, 0.15) is 10.7 Å². The van der Waals surface area contributed by atoms with Crippen molar-refractivity contribution in [3.05, 3.63) is 49.4 Å². The van der Waals surface area contributed by atoms with Crippen molar-refractivity contribution in [2.45, 2.75) is 13.5 Å². The molecule has 0 saturated heterocycles. The molecule has 0 aromatic carbocycles. The minimum atomic E-state index is -0.0588. The number of aryl methyl sites for hydroxylation is 1. The predicted molar refractivity (Wildman–Crippen MR) is 73.1 cm³/mol. The number of imidazole rings is 1. The van der Waals surface area contributed by atoms with Gasteiger partial charge in [-0.1, -0.05) is 17.4 Å². The molecule has 7 heteroatoms. The molecule has 0 saturated carbocycles. The second-order valence-electron chi connectivity index (χ2n) is 3.82. The second-order valence-corrected chi connectivity index (χ2v) is 5.72. The summed E-state index contributed by atoms with van der Waals surface area (Å²) in [5, 5.41) is 4.93. The largest absolute Gasteiger partial charge is 0.325 e. The maximum atomic E-state index is 11.6. The van der Waals surface area contributed by atoms with E-state index in [-0.39, 0.29) is 4.87 Å². The van der Waals surface area contributed by atoms with Crippen molar-refractivity contribution in [2.24, 2.45) is 0 Å². The fourth-order valence-corrected chi connectivity index (χ4v) is 2.88. The van der Waals surface area contributed by atoms with Gasteiger partial charge in [0.1, 0.15) is 15.3 Å². The number of pyridine rings is 1. The standard InChI is InChI=1S/C11H9BrN4OS/c1-7-14-16(11(17)18-7)6-8-10(12)15-5-3-2-4-9(15)13-8/h2-5H,6H2,1H3. The van der Waals surface area contributed by atoms with Gasteiger partial charge in [-0.2, -0.15) is 5.10 Å². The molecule has 3 aromatic heterocycles. The van der Waals surface area contributed by atoms with Crippen molar-refractivity contribution in [3.8, 4) is 0 Å². The van der Waals surface area contributed by atoms with Gasteiger partial charge in [-0.05, 0) is 35.0 Å². The zero-order valence-electron chi connectivity index (χ0n) is 9.50. The van der Waals surface area contributed by atoms with E-state index >= 15 is 0 Å². The molecular weight excluding hydrogens is 316 g/mol. The third-order valence-electron chi connectivity index (χ3n) is 2.54. The van der Waals surface area contributed by atoms with Crippen LogP contribution in [0, 0.1) is 6.92 Å². The lowest BCUT2D eigenvalue weighted by molar-refractivity contribution is 0.647. The van der Waals surface area contributed by atoms with Crippen molar-refractivity contribution in [2.75, 3.05) is 0 Å². The zero-order valence-corrected chi connectivity index (χ0v) is 11.9. The lowest BCUT2D eigenvalue weighted by Crippen LogP contribution is -2.16. The average molecular weight is 325 g/mol. The summed E-state index contributed by atoms with van der Waals surface area (Å²) in [6, 6.07) is 5.78. The van der Waals surface area contributed by atoms with E-state index in [1.54, 1.807) is 0 Å². The number of aromatic nitrogens is 4. The molecule has 0 spiro atoms. The molecule has 3 rings (SSSR count). The van der Waals surface area contributed by atoms with Crippen LogP contribution >= 0.6 is 27.3 Å². The van der Waals surface area contributed by atoms with Crippen LogP contribution in [0.5, 0.6) is 0 Å². The molecule has 0 bridgehead atoms. The summed E-state index contributed by atoms with van der Waals surface area (Å²) in [4.78, 5) is 16.1. The molecule has 0 atom stereocenters. The quantitative estimate of drug-likeness (QED) is 0.725. The number of fused-ring (bicyclic) bond motifs is 1. The molecule has 0 radical (unpaired) electrons. The Morgan fingerprint density at radius 2 is 2.28 bits per heavy atom. The molecule has 92 valence electrons. The minimum Gasteiger partial charge on any atom is -0.294 e. The van der Waals surface area contributed by atoms with Gasteiger partial charge >= 0.3 is 4.87 Å². The fourth-order valence-electron chi connectivity index (χ4n) is 1.77. The Morgan fingerprint density at radius 3 is 2.94 bits per heavy atom. The van der Waals surface area contributed by atoms with Crippen molar-refractivity contribution in [1.29, 1.82) is 0 Å². The van der Waals surface area contributed by atoms with Gasteiger partial charge in [0.05, 0.1) is 12.2 Å². The Bertz CT molecular complexity index is 773. The van der Waals surface area contributed by atoms with E-state index in [0.29, 0.717) is 6.54 Å². The third-order valence-corrected chi connectivity index (χ3v) is 4.15. The summed E-state index contributed by atoms with van der Waals surface area (Å²) in [5.74, 6) is 0. The van der Waals surface area contributed by atoms with Crippen molar-refractivity contribution < 1.29 is 0 Å². The van der Waals surface area contributed by atoms with E-state index in [1.165, 1.54) is 4.68 Å². The zero-order chi connectivity index (χ0) is 12.7. The normalized spacial score (nSPS) is 11.2. The molecule has 0 unspecified atom stereocenters. The molecule has 0 amide bonds. The maximum absolute atomic E-state index is 11.6. The average Bonchev–Trinajstić information content (AvgIpc) is 2.82.